The van der Waals surface area contributed by atoms with E-state index in [0.717, 1.165) is 29.5 Å². The molecule has 0 radical (unpaired) electrons. The number of carbonyl (C=O) groups is 1. The summed E-state index contributed by atoms with van der Waals surface area (Å²) in [7, 11) is 0. The van der Waals surface area contributed by atoms with E-state index in [-0.39, 0.29) is 6.10 Å². The van der Waals surface area contributed by atoms with E-state index < -0.39 is 5.97 Å². The quantitative estimate of drug-likeness (QED) is 0.888. The van der Waals surface area contributed by atoms with Gasteiger partial charge in [-0.1, -0.05) is 0 Å². The van der Waals surface area contributed by atoms with Crippen LogP contribution < -0.4 is 4.74 Å². The largest absolute Gasteiger partial charge is 0.489 e. The highest BCUT2D eigenvalue weighted by Crippen LogP contribution is 2.32. The van der Waals surface area contributed by atoms with E-state index in [9.17, 15) is 9.90 Å². The molecule has 0 saturated heterocycles. The van der Waals surface area contributed by atoms with E-state index in [1.165, 1.54) is 12.8 Å². The molecule has 0 amide bonds. The zero-order valence-electron chi connectivity index (χ0n) is 11.2. The topological polar surface area (TPSA) is 46.5 Å². The van der Waals surface area contributed by atoms with E-state index in [1.807, 2.05) is 20.8 Å². The fourth-order valence-corrected chi connectivity index (χ4v) is 2.54. The zero-order valence-corrected chi connectivity index (χ0v) is 11.2. The van der Waals surface area contributed by atoms with Gasteiger partial charge >= 0.3 is 5.97 Å². The smallest absolute Gasteiger partial charge is 0.339 e. The predicted octanol–water partition coefficient (Wildman–Crippen LogP) is 3.63. The van der Waals surface area contributed by atoms with Crippen molar-refractivity contribution in [2.75, 3.05) is 0 Å². The van der Waals surface area contributed by atoms with Crippen molar-refractivity contribution < 1.29 is 14.6 Å². The maximum Gasteiger partial charge on any atom is 0.339 e. The minimum absolute atomic E-state index is 0.184. The number of carboxylic acid groups (broad SMARTS) is 1. The summed E-state index contributed by atoms with van der Waals surface area (Å²) in [5.41, 5.74) is 3.37. The lowest BCUT2D eigenvalue weighted by atomic mass is 9.99. The summed E-state index contributed by atoms with van der Waals surface area (Å²) < 4.78 is 5.95. The second-order valence-electron chi connectivity index (χ2n) is 5.15. The van der Waals surface area contributed by atoms with Crippen molar-refractivity contribution in [2.45, 2.75) is 52.6 Å². The average Bonchev–Trinajstić information content (AvgIpc) is 2.82. The van der Waals surface area contributed by atoms with Crippen LogP contribution in [0, 0.1) is 20.8 Å². The molecule has 0 spiro atoms. The van der Waals surface area contributed by atoms with Crippen LogP contribution in [0.15, 0.2) is 6.07 Å². The summed E-state index contributed by atoms with van der Waals surface area (Å²) in [4.78, 5) is 11.3. The molecule has 0 bridgehead atoms. The number of hydrogen-bond acceptors (Lipinski definition) is 2. The molecule has 1 fully saturated rings. The van der Waals surface area contributed by atoms with E-state index in [0.29, 0.717) is 11.3 Å². The number of aryl methyl sites for hydroxylation is 1. The average molecular weight is 248 g/mol. The van der Waals surface area contributed by atoms with Gasteiger partial charge in [-0.15, -0.1) is 0 Å². The third kappa shape index (κ3) is 2.35. The summed E-state index contributed by atoms with van der Waals surface area (Å²) in [6.45, 7) is 5.89. The van der Waals surface area contributed by atoms with Gasteiger partial charge in [0.15, 0.2) is 0 Å². The van der Waals surface area contributed by atoms with Gasteiger partial charge in [0.1, 0.15) is 11.3 Å². The molecule has 0 aliphatic heterocycles. The van der Waals surface area contributed by atoms with Crippen molar-refractivity contribution >= 4 is 5.97 Å². The van der Waals surface area contributed by atoms with Crippen molar-refractivity contribution in [3.63, 3.8) is 0 Å². The van der Waals surface area contributed by atoms with Crippen molar-refractivity contribution in [1.82, 2.24) is 0 Å². The Hall–Kier alpha value is -1.51. The van der Waals surface area contributed by atoms with Crippen molar-refractivity contribution in [1.29, 1.82) is 0 Å². The Morgan fingerprint density at radius 2 is 1.83 bits per heavy atom. The molecule has 2 rings (SSSR count). The summed E-state index contributed by atoms with van der Waals surface area (Å²) in [6, 6.07) is 1.72. The summed E-state index contributed by atoms with van der Waals surface area (Å²) in [6.07, 6.45) is 4.61. The van der Waals surface area contributed by atoms with Crippen LogP contribution >= 0.6 is 0 Å². The molecular formula is C15H20O3. The maximum absolute atomic E-state index is 11.3. The number of carboxylic acids is 1. The number of benzene rings is 1. The van der Waals surface area contributed by atoms with Gasteiger partial charge in [0.25, 0.3) is 0 Å². The summed E-state index contributed by atoms with van der Waals surface area (Å²) in [5.74, 6) is -0.341. The summed E-state index contributed by atoms with van der Waals surface area (Å²) >= 11 is 0. The molecule has 0 heterocycles. The van der Waals surface area contributed by atoms with Crippen LogP contribution in [0.1, 0.15) is 52.7 Å². The third-order valence-corrected chi connectivity index (χ3v) is 3.92. The van der Waals surface area contributed by atoms with Gasteiger partial charge in [-0.3, -0.25) is 0 Å². The van der Waals surface area contributed by atoms with Crippen LogP contribution in [0.4, 0.5) is 0 Å². The maximum atomic E-state index is 11.3. The van der Waals surface area contributed by atoms with Gasteiger partial charge < -0.3 is 9.84 Å². The standard InChI is InChI=1S/C15H20O3/c1-9-8-13(15(16)17)14(11(3)10(9)2)18-12-6-4-5-7-12/h8,12H,4-7H2,1-3H3,(H,16,17). The van der Waals surface area contributed by atoms with Gasteiger partial charge in [0.2, 0.25) is 0 Å². The Labute approximate surface area is 108 Å². The second-order valence-corrected chi connectivity index (χ2v) is 5.15. The highest BCUT2D eigenvalue weighted by molar-refractivity contribution is 5.92. The van der Waals surface area contributed by atoms with Crippen molar-refractivity contribution in [2.24, 2.45) is 0 Å². The van der Waals surface area contributed by atoms with Crippen LogP contribution in [0.2, 0.25) is 0 Å². The molecule has 98 valence electrons. The number of hydrogen-bond donors (Lipinski definition) is 1. The highest BCUT2D eigenvalue weighted by Gasteiger charge is 2.22. The fraction of sp³-hybridized carbons (Fsp3) is 0.533. The number of rotatable bonds is 3. The van der Waals surface area contributed by atoms with E-state index in [1.54, 1.807) is 6.07 Å². The second kappa shape index (κ2) is 5.01. The Kier molecular flexibility index (Phi) is 3.60. The molecule has 0 atom stereocenters. The first-order valence-corrected chi connectivity index (χ1v) is 6.51. The molecule has 1 aliphatic carbocycles. The first kappa shape index (κ1) is 12.9. The van der Waals surface area contributed by atoms with E-state index in [2.05, 4.69) is 0 Å². The summed E-state index contributed by atoms with van der Waals surface area (Å²) in [5, 5.41) is 9.30. The molecular weight excluding hydrogens is 228 g/mol. The SMILES string of the molecule is Cc1cc(C(=O)O)c(OC2CCCC2)c(C)c1C. The van der Waals surface area contributed by atoms with Crippen LogP contribution in [0.5, 0.6) is 5.75 Å². The van der Waals surface area contributed by atoms with Crippen molar-refractivity contribution in [3.8, 4) is 5.75 Å². The fourth-order valence-electron chi connectivity index (χ4n) is 2.54. The Morgan fingerprint density at radius 1 is 1.22 bits per heavy atom. The molecule has 0 aromatic heterocycles. The van der Waals surface area contributed by atoms with Crippen LogP contribution in [0.3, 0.4) is 0 Å². The molecule has 0 unspecified atom stereocenters. The van der Waals surface area contributed by atoms with Gasteiger partial charge in [-0.25, -0.2) is 4.79 Å². The van der Waals surface area contributed by atoms with E-state index >= 15 is 0 Å². The predicted molar refractivity (Wildman–Crippen MR) is 70.5 cm³/mol. The van der Waals surface area contributed by atoms with Crippen LogP contribution in [0.25, 0.3) is 0 Å². The highest BCUT2D eigenvalue weighted by atomic mass is 16.5. The van der Waals surface area contributed by atoms with E-state index in [4.69, 9.17) is 4.74 Å². The lowest BCUT2D eigenvalue weighted by Gasteiger charge is -2.19. The molecule has 1 aromatic rings. The number of ether oxygens (including phenoxy) is 1. The minimum atomic E-state index is -0.908. The van der Waals surface area contributed by atoms with Crippen LogP contribution in [-0.4, -0.2) is 17.2 Å². The number of aromatic carboxylic acids is 1. The van der Waals surface area contributed by atoms with Gasteiger partial charge in [-0.05, 0) is 69.2 Å². The first-order chi connectivity index (χ1) is 8.50. The Balaban J connectivity index is 2.42. The lowest BCUT2D eigenvalue weighted by molar-refractivity contribution is 0.0689. The molecule has 3 nitrogen and oxygen atoms in total. The molecule has 18 heavy (non-hydrogen) atoms. The molecule has 3 heteroatoms. The Morgan fingerprint density at radius 3 is 2.39 bits per heavy atom. The first-order valence-electron chi connectivity index (χ1n) is 6.51. The molecule has 1 aliphatic rings. The molecule has 1 aromatic carbocycles. The molecule has 1 N–H and O–H groups in total. The van der Waals surface area contributed by atoms with Crippen molar-refractivity contribution in [3.05, 3.63) is 28.3 Å². The van der Waals surface area contributed by atoms with Gasteiger partial charge in [0.05, 0.1) is 6.10 Å². The molecule has 1 saturated carbocycles. The normalized spacial score (nSPS) is 15.9. The zero-order chi connectivity index (χ0) is 13.3. The third-order valence-electron chi connectivity index (χ3n) is 3.92. The lowest BCUT2D eigenvalue weighted by Crippen LogP contribution is -2.15. The monoisotopic (exact) mass is 248 g/mol. The van der Waals surface area contributed by atoms with Gasteiger partial charge in [-0.2, -0.15) is 0 Å². The Bertz CT molecular complexity index is 471. The van der Waals surface area contributed by atoms with Gasteiger partial charge in [0, 0.05) is 0 Å². The minimum Gasteiger partial charge on any atom is -0.489 e. The van der Waals surface area contributed by atoms with Crippen LogP contribution in [-0.2, 0) is 0 Å².